The quantitative estimate of drug-likeness (QED) is 0.196. The smallest absolute Gasteiger partial charge is 0.0622 e. The maximum absolute atomic E-state index is 8.52. The number of benzene rings is 8. The van der Waals surface area contributed by atoms with Crippen LogP contribution < -0.4 is 0 Å². The van der Waals surface area contributed by atoms with Crippen LogP contribution in [0.4, 0.5) is 0 Å². The Kier molecular flexibility index (Phi) is 4.75. The van der Waals surface area contributed by atoms with Crippen molar-refractivity contribution in [2.45, 2.75) is 0 Å². The van der Waals surface area contributed by atoms with E-state index in [9.17, 15) is 0 Å². The number of rotatable bonds is 4. The first kappa shape index (κ1) is 19.6. The molecule has 0 aromatic heterocycles. The monoisotopic (exact) mass is 537 g/mol. The third-order valence-electron chi connectivity index (χ3n) is 8.11. The molecule has 0 N–H and O–H groups in total. The zero-order valence-corrected chi connectivity index (χ0v) is 22.8. The average molecular weight is 538 g/mol. The Morgan fingerprint density at radius 3 is 1.43 bits per heavy atom. The Morgan fingerprint density at radius 2 is 0.786 bits per heavy atom. The maximum Gasteiger partial charge on any atom is 0.0629 e. The molecular formula is C42H28. The molecule has 0 nitrogen and oxygen atoms in total. The molecule has 0 amide bonds. The van der Waals surface area contributed by atoms with E-state index in [0.29, 0.717) is 5.56 Å². The lowest BCUT2D eigenvalue weighted by atomic mass is 9.85. The van der Waals surface area contributed by atoms with Crippen LogP contribution in [0.25, 0.3) is 76.8 Å². The van der Waals surface area contributed by atoms with Gasteiger partial charge in [0.25, 0.3) is 0 Å². The molecule has 196 valence electrons. The van der Waals surface area contributed by atoms with Gasteiger partial charge in [0.2, 0.25) is 0 Å². The molecule has 0 heterocycles. The molecule has 8 aromatic rings. The van der Waals surface area contributed by atoms with Gasteiger partial charge < -0.3 is 0 Å². The molecule has 0 radical (unpaired) electrons. The van der Waals surface area contributed by atoms with Crippen LogP contribution in [0.15, 0.2) is 170 Å². The lowest BCUT2D eigenvalue weighted by Crippen LogP contribution is -1.91. The Bertz CT molecular complexity index is 2430. The van der Waals surface area contributed by atoms with Gasteiger partial charge in [-0.2, -0.15) is 0 Å². The summed E-state index contributed by atoms with van der Waals surface area (Å²) in [6.45, 7) is 0. The minimum absolute atomic E-state index is 0.199. The first-order valence-corrected chi connectivity index (χ1v) is 14.1. The molecule has 42 heavy (non-hydrogen) atoms. The normalized spacial score (nSPS) is 13.0. The molecule has 0 bridgehead atoms. The minimum Gasteiger partial charge on any atom is -0.0622 e. The molecule has 0 spiro atoms. The van der Waals surface area contributed by atoms with E-state index in [1.807, 2.05) is 24.3 Å². The van der Waals surface area contributed by atoms with Crippen molar-refractivity contribution in [3.05, 3.63) is 170 Å². The predicted molar refractivity (Wildman–Crippen MR) is 181 cm³/mol. The van der Waals surface area contributed by atoms with Crippen molar-refractivity contribution >= 4 is 32.3 Å². The summed E-state index contributed by atoms with van der Waals surface area (Å²) in [4.78, 5) is 0. The summed E-state index contributed by atoms with van der Waals surface area (Å²) >= 11 is 0. The Hall–Kier alpha value is -5.46. The fourth-order valence-electron chi connectivity index (χ4n) is 6.19. The third kappa shape index (κ3) is 4.17. The summed E-state index contributed by atoms with van der Waals surface area (Å²) in [5.41, 5.74) is 7.69. The molecule has 0 unspecified atom stereocenters. The number of hydrogen-bond donors (Lipinski definition) is 0. The molecule has 8 aromatic carbocycles. The lowest BCUT2D eigenvalue weighted by molar-refractivity contribution is 1.61. The van der Waals surface area contributed by atoms with Crippen LogP contribution in [-0.2, 0) is 0 Å². The van der Waals surface area contributed by atoms with E-state index in [0.717, 1.165) is 38.2 Å². The van der Waals surface area contributed by atoms with Crippen LogP contribution in [-0.4, -0.2) is 0 Å². The van der Waals surface area contributed by atoms with Crippen LogP contribution in [0.2, 0.25) is 0 Å². The Morgan fingerprint density at radius 1 is 0.310 bits per heavy atom. The van der Waals surface area contributed by atoms with Gasteiger partial charge in [0, 0.05) is 0 Å². The van der Waals surface area contributed by atoms with E-state index < -0.39 is 0 Å². The fourth-order valence-corrected chi connectivity index (χ4v) is 6.19. The average Bonchev–Trinajstić information content (AvgIpc) is 3.12. The topological polar surface area (TPSA) is 0 Å². The third-order valence-corrected chi connectivity index (χ3v) is 8.11. The van der Waals surface area contributed by atoms with E-state index in [2.05, 4.69) is 115 Å². The highest BCUT2D eigenvalue weighted by molar-refractivity contribution is 6.21. The second-order valence-electron chi connectivity index (χ2n) is 10.6. The van der Waals surface area contributed by atoms with Crippen LogP contribution in [0, 0.1) is 0 Å². The van der Waals surface area contributed by atoms with E-state index in [-0.39, 0.29) is 35.8 Å². The molecule has 0 saturated carbocycles. The SMILES string of the molecule is [2H]c1c([2H])c([2H])c(-c2ccc3ccc(-c4c5ccccc5c(-c5cccc(-c6ccccc6)c5)c5ccccc45)cc3c2)c([2H])c1[2H]. The van der Waals surface area contributed by atoms with Crippen LogP contribution in [0.1, 0.15) is 6.85 Å². The van der Waals surface area contributed by atoms with Gasteiger partial charge in [-0.15, -0.1) is 0 Å². The first-order chi connectivity index (χ1) is 22.9. The Balaban J connectivity index is 1.36. The van der Waals surface area contributed by atoms with Crippen molar-refractivity contribution in [1.82, 2.24) is 0 Å². The highest BCUT2D eigenvalue weighted by Crippen LogP contribution is 2.44. The molecule has 0 aliphatic rings. The highest BCUT2D eigenvalue weighted by Gasteiger charge is 2.17. The van der Waals surface area contributed by atoms with Gasteiger partial charge in [0.1, 0.15) is 0 Å². The van der Waals surface area contributed by atoms with Crippen LogP contribution in [0.3, 0.4) is 0 Å². The van der Waals surface area contributed by atoms with Crippen molar-refractivity contribution in [3.63, 3.8) is 0 Å². The van der Waals surface area contributed by atoms with Crippen LogP contribution >= 0.6 is 0 Å². The Labute approximate surface area is 253 Å². The lowest BCUT2D eigenvalue weighted by Gasteiger charge is -2.18. The molecule has 0 saturated heterocycles. The predicted octanol–water partition coefficient (Wildman–Crippen LogP) is 11.8. The van der Waals surface area contributed by atoms with Crippen molar-refractivity contribution in [2.75, 3.05) is 0 Å². The molecule has 0 fully saturated rings. The van der Waals surface area contributed by atoms with Crippen molar-refractivity contribution in [1.29, 1.82) is 0 Å². The summed E-state index contributed by atoms with van der Waals surface area (Å²) in [5, 5.41) is 6.56. The molecule has 0 aliphatic carbocycles. The molecule has 0 aliphatic heterocycles. The van der Waals surface area contributed by atoms with Gasteiger partial charge in [-0.3, -0.25) is 0 Å². The fraction of sp³-hybridized carbons (Fsp3) is 0. The number of hydrogen-bond acceptors (Lipinski definition) is 0. The second-order valence-corrected chi connectivity index (χ2v) is 10.6. The van der Waals surface area contributed by atoms with Gasteiger partial charge in [-0.25, -0.2) is 0 Å². The van der Waals surface area contributed by atoms with Crippen molar-refractivity contribution in [3.8, 4) is 44.5 Å². The van der Waals surface area contributed by atoms with Gasteiger partial charge >= 0.3 is 0 Å². The van der Waals surface area contributed by atoms with E-state index >= 15 is 0 Å². The van der Waals surface area contributed by atoms with Gasteiger partial charge in [-0.05, 0) is 95.0 Å². The summed E-state index contributed by atoms with van der Waals surface area (Å²) < 4.78 is 41.4. The molecule has 8 rings (SSSR count). The standard InChI is InChI=1S/C42H28/c1-3-12-29(13-4-1)32-16-11-17-34(26-32)41-37-18-7-9-20-39(37)42(40-21-10-8-19-38(40)41)35-25-23-31-22-24-33(27-36(31)28-35)30-14-5-2-6-15-30/h1-28H/i2D,5D,6D,14D,15D. The maximum atomic E-state index is 8.52. The second kappa shape index (κ2) is 10.2. The molecule has 0 atom stereocenters. The largest absolute Gasteiger partial charge is 0.0629 e. The van der Waals surface area contributed by atoms with Gasteiger partial charge in [0.15, 0.2) is 0 Å². The van der Waals surface area contributed by atoms with Crippen molar-refractivity contribution in [2.24, 2.45) is 0 Å². The van der Waals surface area contributed by atoms with E-state index in [1.54, 1.807) is 0 Å². The summed E-state index contributed by atoms with van der Waals surface area (Å²) in [6, 6.07) is 47.0. The summed E-state index contributed by atoms with van der Waals surface area (Å²) in [6.07, 6.45) is 0. The molecule has 0 heteroatoms. The summed E-state index contributed by atoms with van der Waals surface area (Å²) in [5.74, 6) is 0. The molecular weight excluding hydrogens is 504 g/mol. The van der Waals surface area contributed by atoms with E-state index in [1.165, 1.54) is 27.5 Å². The summed E-state index contributed by atoms with van der Waals surface area (Å²) in [7, 11) is 0. The van der Waals surface area contributed by atoms with E-state index in [4.69, 9.17) is 6.85 Å². The van der Waals surface area contributed by atoms with Crippen molar-refractivity contribution < 1.29 is 6.85 Å². The first-order valence-electron chi connectivity index (χ1n) is 16.6. The zero-order valence-electron chi connectivity index (χ0n) is 27.8. The van der Waals surface area contributed by atoms with Crippen LogP contribution in [0.5, 0.6) is 0 Å². The highest BCUT2D eigenvalue weighted by atomic mass is 14.2. The van der Waals surface area contributed by atoms with Gasteiger partial charge in [0.05, 0.1) is 6.85 Å². The zero-order chi connectivity index (χ0) is 32.2. The van der Waals surface area contributed by atoms with Gasteiger partial charge in [-0.1, -0.05) is 152 Å². The minimum atomic E-state index is -0.388. The number of fused-ring (bicyclic) bond motifs is 3.